The quantitative estimate of drug-likeness (QED) is 0.584. The normalized spacial score (nSPS) is 10.7. The van der Waals surface area contributed by atoms with Crippen molar-refractivity contribution in [2.45, 2.75) is 27.7 Å². The van der Waals surface area contributed by atoms with Crippen molar-refractivity contribution in [3.05, 3.63) is 18.1 Å². The molecule has 0 saturated heterocycles. The molecule has 112 valence electrons. The Hall–Kier alpha value is -1.27. The molecule has 0 spiro atoms. The lowest BCUT2D eigenvalue weighted by Crippen LogP contribution is -2.37. The first-order chi connectivity index (χ1) is 9.65. The van der Waals surface area contributed by atoms with Gasteiger partial charge in [-0.1, -0.05) is 26.1 Å². The molecular weight excluding hydrogens is 270 g/mol. The Morgan fingerprint density at radius 3 is 2.30 bits per heavy atom. The van der Waals surface area contributed by atoms with Gasteiger partial charge in [-0.3, -0.25) is 9.88 Å². The number of hydrogen-bond donors (Lipinski definition) is 1. The fourth-order valence-corrected chi connectivity index (χ4v) is 2.05. The lowest BCUT2D eigenvalue weighted by atomic mass is 10.4. The summed E-state index contributed by atoms with van der Waals surface area (Å²) >= 11 is 5.39. The summed E-state index contributed by atoms with van der Waals surface area (Å²) in [5, 5.41) is 3.24. The molecule has 0 bridgehead atoms. The summed E-state index contributed by atoms with van der Waals surface area (Å²) in [7, 11) is 0. The molecule has 0 saturated carbocycles. The van der Waals surface area contributed by atoms with E-state index in [4.69, 9.17) is 12.2 Å². The van der Waals surface area contributed by atoms with E-state index in [2.05, 4.69) is 52.8 Å². The maximum absolute atomic E-state index is 5.39. The molecule has 0 aromatic carbocycles. The molecule has 1 N–H and O–H groups in total. The third kappa shape index (κ3) is 4.68. The first-order valence-corrected chi connectivity index (χ1v) is 7.64. The van der Waals surface area contributed by atoms with Gasteiger partial charge >= 0.3 is 0 Å². The molecule has 0 radical (unpaired) electrons. The van der Waals surface area contributed by atoms with Crippen molar-refractivity contribution in [2.75, 3.05) is 37.7 Å². The molecule has 0 unspecified atom stereocenters. The second kappa shape index (κ2) is 8.81. The van der Waals surface area contributed by atoms with E-state index in [0.717, 1.165) is 44.4 Å². The molecular formula is C14H25N5S. The summed E-state index contributed by atoms with van der Waals surface area (Å²) in [6, 6.07) is 0. The summed E-state index contributed by atoms with van der Waals surface area (Å²) in [6.07, 6.45) is 3.49. The maximum Gasteiger partial charge on any atom is 0.147 e. The zero-order valence-electron chi connectivity index (χ0n) is 12.9. The average molecular weight is 295 g/mol. The topological polar surface area (TPSA) is 44.3 Å². The first kappa shape index (κ1) is 16.8. The van der Waals surface area contributed by atoms with Crippen molar-refractivity contribution in [3.63, 3.8) is 0 Å². The van der Waals surface area contributed by atoms with E-state index < -0.39 is 0 Å². The Morgan fingerprint density at radius 2 is 1.75 bits per heavy atom. The van der Waals surface area contributed by atoms with Gasteiger partial charge in [0.05, 0.1) is 19.1 Å². The molecule has 1 heterocycles. The highest BCUT2D eigenvalue weighted by atomic mass is 32.1. The van der Waals surface area contributed by atoms with Crippen LogP contribution in [-0.4, -0.2) is 52.7 Å². The predicted octanol–water partition coefficient (Wildman–Crippen LogP) is 1.89. The van der Waals surface area contributed by atoms with Crippen molar-refractivity contribution in [1.29, 1.82) is 0 Å². The molecule has 20 heavy (non-hydrogen) atoms. The van der Waals surface area contributed by atoms with Crippen LogP contribution in [-0.2, 0) is 0 Å². The number of rotatable bonds is 8. The predicted molar refractivity (Wildman–Crippen MR) is 88.2 cm³/mol. The standard InChI is InChI=1S/C14H25N5S/c1-5-18(6-2)11-16-14(20)12-9-15-10-13(17-12)19(7-3)8-4/h9-10H,5-8,11H2,1-4H3,(H,16,20). The smallest absolute Gasteiger partial charge is 0.147 e. The van der Waals surface area contributed by atoms with Gasteiger partial charge in [-0.15, -0.1) is 0 Å². The van der Waals surface area contributed by atoms with Crippen LogP contribution in [0.15, 0.2) is 12.4 Å². The number of aromatic nitrogens is 2. The minimum absolute atomic E-state index is 0.651. The van der Waals surface area contributed by atoms with Crippen LogP contribution in [0.5, 0.6) is 0 Å². The van der Waals surface area contributed by atoms with Crippen molar-refractivity contribution in [3.8, 4) is 0 Å². The molecule has 0 aliphatic rings. The molecule has 5 nitrogen and oxygen atoms in total. The average Bonchev–Trinajstić information content (AvgIpc) is 2.49. The van der Waals surface area contributed by atoms with Crippen LogP contribution in [0.1, 0.15) is 33.4 Å². The van der Waals surface area contributed by atoms with Crippen molar-refractivity contribution in [2.24, 2.45) is 0 Å². The maximum atomic E-state index is 5.39. The van der Waals surface area contributed by atoms with E-state index in [-0.39, 0.29) is 0 Å². The Labute approximate surface area is 127 Å². The highest BCUT2D eigenvalue weighted by Crippen LogP contribution is 2.09. The minimum Gasteiger partial charge on any atom is -0.362 e. The van der Waals surface area contributed by atoms with E-state index in [0.29, 0.717) is 4.99 Å². The van der Waals surface area contributed by atoms with Gasteiger partial charge in [0.1, 0.15) is 16.5 Å². The second-order valence-electron chi connectivity index (χ2n) is 4.40. The van der Waals surface area contributed by atoms with E-state index in [1.165, 1.54) is 0 Å². The van der Waals surface area contributed by atoms with Gasteiger partial charge in [-0.2, -0.15) is 0 Å². The third-order valence-corrected chi connectivity index (χ3v) is 3.65. The van der Waals surface area contributed by atoms with Crippen molar-refractivity contribution in [1.82, 2.24) is 20.2 Å². The molecule has 0 amide bonds. The second-order valence-corrected chi connectivity index (χ2v) is 4.81. The van der Waals surface area contributed by atoms with Crippen LogP contribution in [0.3, 0.4) is 0 Å². The third-order valence-electron chi connectivity index (χ3n) is 3.30. The highest BCUT2D eigenvalue weighted by Gasteiger charge is 2.09. The van der Waals surface area contributed by atoms with E-state index in [1.807, 2.05) is 0 Å². The lowest BCUT2D eigenvalue weighted by molar-refractivity contribution is 0.299. The molecule has 0 atom stereocenters. The van der Waals surface area contributed by atoms with Gasteiger partial charge in [-0.05, 0) is 26.9 Å². The number of nitrogens with zero attached hydrogens (tertiary/aromatic N) is 4. The minimum atomic E-state index is 0.651. The number of nitrogens with one attached hydrogen (secondary N) is 1. The van der Waals surface area contributed by atoms with Gasteiger partial charge in [-0.25, -0.2) is 4.98 Å². The number of hydrogen-bond acceptors (Lipinski definition) is 5. The molecule has 0 aliphatic heterocycles. The van der Waals surface area contributed by atoms with E-state index >= 15 is 0 Å². The number of anilines is 1. The Bertz CT molecular complexity index is 416. The Morgan fingerprint density at radius 1 is 1.10 bits per heavy atom. The Balaban J connectivity index is 2.71. The van der Waals surface area contributed by atoms with Crippen LogP contribution in [0.4, 0.5) is 5.82 Å². The monoisotopic (exact) mass is 295 g/mol. The molecule has 0 aliphatic carbocycles. The molecule has 1 aromatic rings. The van der Waals surface area contributed by atoms with Crippen LogP contribution < -0.4 is 10.2 Å². The summed E-state index contributed by atoms with van der Waals surface area (Å²) in [6.45, 7) is 13.0. The fraction of sp³-hybridized carbons (Fsp3) is 0.643. The molecule has 6 heteroatoms. The molecule has 0 fully saturated rings. The zero-order chi connectivity index (χ0) is 15.0. The van der Waals surface area contributed by atoms with E-state index in [9.17, 15) is 0 Å². The summed E-state index contributed by atoms with van der Waals surface area (Å²) in [5.74, 6) is 0.875. The van der Waals surface area contributed by atoms with Crippen LogP contribution in [0, 0.1) is 0 Å². The SMILES string of the molecule is CCN(CC)CNC(=S)c1cncc(N(CC)CC)n1. The van der Waals surface area contributed by atoms with Crippen molar-refractivity contribution < 1.29 is 0 Å². The highest BCUT2D eigenvalue weighted by molar-refractivity contribution is 7.80. The largest absolute Gasteiger partial charge is 0.362 e. The Kier molecular flexibility index (Phi) is 7.40. The van der Waals surface area contributed by atoms with Gasteiger partial charge < -0.3 is 10.2 Å². The fourth-order valence-electron chi connectivity index (χ4n) is 1.89. The lowest BCUT2D eigenvalue weighted by Gasteiger charge is -2.21. The summed E-state index contributed by atoms with van der Waals surface area (Å²) in [5.41, 5.74) is 0.733. The van der Waals surface area contributed by atoms with Crippen LogP contribution >= 0.6 is 12.2 Å². The summed E-state index contributed by atoms with van der Waals surface area (Å²) < 4.78 is 0. The molecule has 1 aromatic heterocycles. The van der Waals surface area contributed by atoms with Crippen LogP contribution in [0.25, 0.3) is 0 Å². The van der Waals surface area contributed by atoms with Gasteiger partial charge in [0.2, 0.25) is 0 Å². The van der Waals surface area contributed by atoms with Gasteiger partial charge in [0.15, 0.2) is 0 Å². The number of thiocarbonyl (C=S) groups is 1. The van der Waals surface area contributed by atoms with E-state index in [1.54, 1.807) is 12.4 Å². The molecule has 1 rings (SSSR count). The van der Waals surface area contributed by atoms with Gasteiger partial charge in [0, 0.05) is 13.1 Å². The first-order valence-electron chi connectivity index (χ1n) is 7.23. The van der Waals surface area contributed by atoms with Gasteiger partial charge in [0.25, 0.3) is 0 Å². The van der Waals surface area contributed by atoms with Crippen LogP contribution in [0.2, 0.25) is 0 Å². The van der Waals surface area contributed by atoms with Crippen molar-refractivity contribution >= 4 is 23.0 Å². The summed E-state index contributed by atoms with van der Waals surface area (Å²) in [4.78, 5) is 13.9. The zero-order valence-corrected chi connectivity index (χ0v) is 13.7.